The summed E-state index contributed by atoms with van der Waals surface area (Å²) in [5.74, 6) is -0.878. The van der Waals surface area contributed by atoms with Crippen molar-refractivity contribution in [2.24, 2.45) is 0 Å². The van der Waals surface area contributed by atoms with Crippen LogP contribution in [0.15, 0.2) is 29.0 Å². The largest absolute Gasteiger partial charge is 0.477 e. The highest BCUT2D eigenvalue weighted by molar-refractivity contribution is 5.93. The van der Waals surface area contributed by atoms with Crippen molar-refractivity contribution in [3.05, 3.63) is 35.7 Å². The Kier molecular flexibility index (Phi) is 2.21. The summed E-state index contributed by atoms with van der Waals surface area (Å²) < 4.78 is 4.90. The minimum absolute atomic E-state index is 0.0248. The molecule has 0 saturated carbocycles. The summed E-state index contributed by atoms with van der Waals surface area (Å²) in [6.45, 7) is 1.83. The van der Waals surface area contributed by atoms with Crippen LogP contribution in [0, 0.1) is 6.92 Å². The van der Waals surface area contributed by atoms with Crippen LogP contribution in [0.2, 0.25) is 0 Å². The van der Waals surface area contributed by atoms with E-state index in [-0.39, 0.29) is 11.3 Å². The molecule has 0 aliphatic rings. The van der Waals surface area contributed by atoms with Crippen molar-refractivity contribution in [2.45, 2.75) is 6.92 Å². The zero-order valence-electron chi connectivity index (χ0n) is 7.97. The normalized spacial score (nSPS) is 10.2. The van der Waals surface area contributed by atoms with Gasteiger partial charge in [0.1, 0.15) is 11.3 Å². The molecule has 0 saturated heterocycles. The fraction of sp³-hybridized carbons (Fsp3) is 0.100. The molecular weight excluding hydrogens is 196 g/mol. The quantitative estimate of drug-likeness (QED) is 0.806. The van der Waals surface area contributed by atoms with Crippen LogP contribution >= 0.6 is 0 Å². The molecule has 2 heterocycles. The predicted molar refractivity (Wildman–Crippen MR) is 51.4 cm³/mol. The van der Waals surface area contributed by atoms with E-state index in [1.165, 1.54) is 6.20 Å². The molecule has 0 bridgehead atoms. The second-order valence-electron chi connectivity index (χ2n) is 3.04. The van der Waals surface area contributed by atoms with Crippen molar-refractivity contribution in [3.63, 3.8) is 0 Å². The van der Waals surface area contributed by atoms with Gasteiger partial charge in [-0.2, -0.15) is 0 Å². The summed E-state index contributed by atoms with van der Waals surface area (Å²) in [6.07, 6.45) is 2.75. The van der Waals surface area contributed by atoms with Crippen molar-refractivity contribution in [3.8, 4) is 11.5 Å². The van der Waals surface area contributed by atoms with Gasteiger partial charge in [-0.3, -0.25) is 4.98 Å². The Hall–Kier alpha value is -2.17. The first kappa shape index (κ1) is 9.39. The summed E-state index contributed by atoms with van der Waals surface area (Å²) in [7, 11) is 0. The monoisotopic (exact) mass is 204 g/mol. The molecule has 0 amide bonds. The molecule has 1 N–H and O–H groups in total. The zero-order valence-corrected chi connectivity index (χ0v) is 7.97. The third-order valence-electron chi connectivity index (χ3n) is 2.03. The van der Waals surface area contributed by atoms with E-state index in [2.05, 4.69) is 10.1 Å². The SMILES string of the molecule is Cc1cccnc1-c1oncc1C(=O)O. The van der Waals surface area contributed by atoms with Gasteiger partial charge in [-0.25, -0.2) is 4.79 Å². The van der Waals surface area contributed by atoms with Crippen molar-refractivity contribution in [2.75, 3.05) is 0 Å². The Bertz CT molecular complexity index is 505. The number of carbonyl (C=O) groups is 1. The second-order valence-corrected chi connectivity index (χ2v) is 3.04. The highest BCUT2D eigenvalue weighted by Gasteiger charge is 2.18. The molecule has 15 heavy (non-hydrogen) atoms. The standard InChI is InChI=1S/C10H8N2O3/c1-6-3-2-4-11-8(6)9-7(10(13)14)5-12-15-9/h2-5H,1H3,(H,13,14). The lowest BCUT2D eigenvalue weighted by molar-refractivity contribution is 0.0697. The zero-order chi connectivity index (χ0) is 10.8. The van der Waals surface area contributed by atoms with Gasteiger partial charge >= 0.3 is 5.97 Å². The maximum atomic E-state index is 10.8. The lowest BCUT2D eigenvalue weighted by Gasteiger charge is -2.00. The topological polar surface area (TPSA) is 76.2 Å². The molecule has 0 aliphatic heterocycles. The third-order valence-corrected chi connectivity index (χ3v) is 2.03. The fourth-order valence-electron chi connectivity index (χ4n) is 1.29. The molecule has 0 aromatic carbocycles. The van der Waals surface area contributed by atoms with Crippen LogP contribution < -0.4 is 0 Å². The van der Waals surface area contributed by atoms with E-state index in [0.29, 0.717) is 5.69 Å². The molecule has 5 heteroatoms. The number of aromatic carboxylic acids is 1. The number of carboxylic acid groups (broad SMARTS) is 1. The average molecular weight is 204 g/mol. The molecule has 2 rings (SSSR count). The minimum Gasteiger partial charge on any atom is -0.477 e. The molecule has 5 nitrogen and oxygen atoms in total. The van der Waals surface area contributed by atoms with Crippen LogP contribution in [0.4, 0.5) is 0 Å². The van der Waals surface area contributed by atoms with E-state index >= 15 is 0 Å². The molecular formula is C10H8N2O3. The van der Waals surface area contributed by atoms with Crippen LogP contribution in [0.1, 0.15) is 15.9 Å². The lowest BCUT2D eigenvalue weighted by Crippen LogP contribution is -1.97. The maximum Gasteiger partial charge on any atom is 0.341 e. The Morgan fingerprint density at radius 1 is 1.53 bits per heavy atom. The molecule has 0 radical (unpaired) electrons. The molecule has 2 aromatic heterocycles. The van der Waals surface area contributed by atoms with E-state index in [0.717, 1.165) is 5.56 Å². The van der Waals surface area contributed by atoms with E-state index in [9.17, 15) is 4.79 Å². The summed E-state index contributed by atoms with van der Waals surface area (Å²) >= 11 is 0. The number of nitrogens with zero attached hydrogens (tertiary/aromatic N) is 2. The van der Waals surface area contributed by atoms with Crippen molar-refractivity contribution < 1.29 is 14.4 Å². The van der Waals surface area contributed by atoms with Crippen LogP contribution in [-0.2, 0) is 0 Å². The number of hydrogen-bond acceptors (Lipinski definition) is 4. The minimum atomic E-state index is -1.07. The Morgan fingerprint density at radius 2 is 2.33 bits per heavy atom. The van der Waals surface area contributed by atoms with Crippen LogP contribution in [-0.4, -0.2) is 21.2 Å². The lowest BCUT2D eigenvalue weighted by atomic mass is 10.1. The molecule has 76 valence electrons. The van der Waals surface area contributed by atoms with Crippen molar-refractivity contribution in [1.29, 1.82) is 0 Å². The summed E-state index contributed by atoms with van der Waals surface area (Å²) in [5, 5.41) is 12.3. The van der Waals surface area contributed by atoms with E-state index in [4.69, 9.17) is 9.63 Å². The smallest absolute Gasteiger partial charge is 0.341 e. The predicted octanol–water partition coefficient (Wildman–Crippen LogP) is 1.74. The van der Waals surface area contributed by atoms with E-state index in [1.807, 2.05) is 13.0 Å². The van der Waals surface area contributed by atoms with Gasteiger partial charge in [0.25, 0.3) is 0 Å². The van der Waals surface area contributed by atoms with Gasteiger partial charge < -0.3 is 9.63 Å². The third kappa shape index (κ3) is 1.59. The number of aromatic nitrogens is 2. The first-order valence-electron chi connectivity index (χ1n) is 4.30. The number of hydrogen-bond donors (Lipinski definition) is 1. The van der Waals surface area contributed by atoms with E-state index < -0.39 is 5.97 Å². The van der Waals surface area contributed by atoms with Gasteiger partial charge in [-0.15, -0.1) is 0 Å². The molecule has 0 aliphatic carbocycles. The first-order valence-corrected chi connectivity index (χ1v) is 4.30. The van der Waals surface area contributed by atoms with Crippen molar-refractivity contribution >= 4 is 5.97 Å². The van der Waals surface area contributed by atoms with Gasteiger partial charge in [0, 0.05) is 6.20 Å². The average Bonchev–Trinajstić information content (AvgIpc) is 2.67. The van der Waals surface area contributed by atoms with Crippen LogP contribution in [0.3, 0.4) is 0 Å². The Morgan fingerprint density at radius 3 is 3.00 bits per heavy atom. The van der Waals surface area contributed by atoms with Crippen LogP contribution in [0.25, 0.3) is 11.5 Å². The summed E-state index contributed by atoms with van der Waals surface area (Å²) in [4.78, 5) is 14.9. The summed E-state index contributed by atoms with van der Waals surface area (Å²) in [5.41, 5.74) is 1.38. The maximum absolute atomic E-state index is 10.8. The highest BCUT2D eigenvalue weighted by atomic mass is 16.5. The molecule has 0 spiro atoms. The second kappa shape index (κ2) is 3.53. The Balaban J connectivity index is 2.59. The number of rotatable bonds is 2. The van der Waals surface area contributed by atoms with Gasteiger partial charge in [0.05, 0.1) is 6.20 Å². The molecule has 2 aromatic rings. The van der Waals surface area contributed by atoms with E-state index in [1.54, 1.807) is 12.3 Å². The fourth-order valence-corrected chi connectivity index (χ4v) is 1.29. The van der Waals surface area contributed by atoms with Gasteiger partial charge in [0.15, 0.2) is 5.76 Å². The first-order chi connectivity index (χ1) is 7.20. The number of pyridine rings is 1. The van der Waals surface area contributed by atoms with Gasteiger partial charge in [0.2, 0.25) is 0 Å². The van der Waals surface area contributed by atoms with Gasteiger partial charge in [-0.05, 0) is 18.6 Å². The Labute approximate surface area is 85.4 Å². The van der Waals surface area contributed by atoms with Crippen LogP contribution in [0.5, 0.6) is 0 Å². The number of aryl methyl sites for hydroxylation is 1. The van der Waals surface area contributed by atoms with Gasteiger partial charge in [-0.1, -0.05) is 11.2 Å². The molecule has 0 fully saturated rings. The van der Waals surface area contributed by atoms with Crippen molar-refractivity contribution in [1.82, 2.24) is 10.1 Å². The molecule has 0 unspecified atom stereocenters. The highest BCUT2D eigenvalue weighted by Crippen LogP contribution is 2.24. The number of carboxylic acids is 1. The molecule has 0 atom stereocenters. The summed E-state index contributed by atoms with van der Waals surface area (Å²) in [6, 6.07) is 3.60.